The Bertz CT molecular complexity index is 1070. The molecule has 1 N–H and O–H groups in total. The van der Waals surface area contributed by atoms with Crippen molar-refractivity contribution < 1.29 is 14.4 Å². The molecule has 2 heterocycles. The van der Waals surface area contributed by atoms with Gasteiger partial charge in [-0.2, -0.15) is 0 Å². The Morgan fingerprint density at radius 2 is 1.57 bits per heavy atom. The van der Waals surface area contributed by atoms with Crippen LogP contribution in [0.1, 0.15) is 35.2 Å². The molecule has 4 rings (SSSR count). The lowest BCUT2D eigenvalue weighted by atomic mass is 10.1. The third kappa shape index (κ3) is 4.27. The Morgan fingerprint density at radius 3 is 2.33 bits per heavy atom. The number of piperidine rings is 1. The molecule has 6 nitrogen and oxygen atoms in total. The Kier molecular flexibility index (Phi) is 5.93. The molecule has 0 atom stereocenters. The molecule has 3 aromatic rings. The molecule has 0 unspecified atom stereocenters. The van der Waals surface area contributed by atoms with E-state index in [2.05, 4.69) is 5.32 Å². The number of likely N-dealkylation sites (tertiary alicyclic amines) is 1. The highest BCUT2D eigenvalue weighted by molar-refractivity contribution is 6.45. The first-order valence-electron chi connectivity index (χ1n) is 10.4. The molecule has 6 heteroatoms. The first kappa shape index (κ1) is 19.9. The molecule has 30 heavy (non-hydrogen) atoms. The number of Topliss-reactive ketones (excluding diaryl/α,β-unsaturated/α-hetero) is 1. The maximum atomic E-state index is 12.9. The molecular weight excluding hydrogens is 378 g/mol. The number of nitrogens with zero attached hydrogens (tertiary/aromatic N) is 2. The Hall–Kier alpha value is -3.41. The fourth-order valence-corrected chi connectivity index (χ4v) is 3.93. The predicted octanol–water partition coefficient (Wildman–Crippen LogP) is 3.15. The molecule has 2 aromatic carbocycles. The van der Waals surface area contributed by atoms with E-state index >= 15 is 0 Å². The SMILES string of the molecule is O=C(NCc1ccccc1)C(=O)c1cn(CC(=O)N2CCCCC2)c2ccccc12. The van der Waals surface area contributed by atoms with Crippen molar-refractivity contribution in [3.8, 4) is 0 Å². The summed E-state index contributed by atoms with van der Waals surface area (Å²) in [6.07, 6.45) is 4.86. The van der Waals surface area contributed by atoms with Gasteiger partial charge in [-0.3, -0.25) is 14.4 Å². The predicted molar refractivity (Wildman–Crippen MR) is 115 cm³/mol. The normalized spacial score (nSPS) is 13.9. The van der Waals surface area contributed by atoms with Gasteiger partial charge in [-0.1, -0.05) is 48.5 Å². The summed E-state index contributed by atoms with van der Waals surface area (Å²) in [6.45, 7) is 2.02. The maximum Gasteiger partial charge on any atom is 0.292 e. The van der Waals surface area contributed by atoms with E-state index in [9.17, 15) is 14.4 Å². The van der Waals surface area contributed by atoms with Gasteiger partial charge in [-0.25, -0.2) is 0 Å². The topological polar surface area (TPSA) is 71.4 Å². The zero-order valence-electron chi connectivity index (χ0n) is 16.8. The van der Waals surface area contributed by atoms with Gasteiger partial charge in [0.25, 0.3) is 11.7 Å². The highest BCUT2D eigenvalue weighted by Crippen LogP contribution is 2.22. The van der Waals surface area contributed by atoms with Crippen LogP contribution in [-0.4, -0.2) is 40.2 Å². The van der Waals surface area contributed by atoms with Crippen LogP contribution in [0.3, 0.4) is 0 Å². The molecular formula is C24H25N3O3. The largest absolute Gasteiger partial charge is 0.345 e. The van der Waals surface area contributed by atoms with Gasteiger partial charge >= 0.3 is 0 Å². The van der Waals surface area contributed by atoms with Crippen LogP contribution < -0.4 is 5.32 Å². The lowest BCUT2D eigenvalue weighted by Crippen LogP contribution is -2.37. The van der Waals surface area contributed by atoms with Crippen LogP contribution in [-0.2, 0) is 22.7 Å². The van der Waals surface area contributed by atoms with Gasteiger partial charge in [0, 0.05) is 36.7 Å². The summed E-state index contributed by atoms with van der Waals surface area (Å²) >= 11 is 0. The first-order valence-corrected chi connectivity index (χ1v) is 10.4. The quantitative estimate of drug-likeness (QED) is 0.508. The van der Waals surface area contributed by atoms with E-state index in [0.717, 1.165) is 43.4 Å². The minimum atomic E-state index is -0.649. The number of ketones is 1. The van der Waals surface area contributed by atoms with Gasteiger partial charge in [0.1, 0.15) is 6.54 Å². The highest BCUT2D eigenvalue weighted by Gasteiger charge is 2.23. The number of amides is 2. The third-order valence-electron chi connectivity index (χ3n) is 5.55. The van der Waals surface area contributed by atoms with Gasteiger partial charge in [0.05, 0.1) is 5.56 Å². The molecule has 0 aliphatic carbocycles. The molecule has 0 bridgehead atoms. The Labute approximate surface area is 175 Å². The Morgan fingerprint density at radius 1 is 0.867 bits per heavy atom. The molecule has 154 valence electrons. The van der Waals surface area contributed by atoms with Crippen molar-refractivity contribution in [3.05, 3.63) is 71.9 Å². The van der Waals surface area contributed by atoms with Gasteiger partial charge in [0.2, 0.25) is 5.91 Å². The summed E-state index contributed by atoms with van der Waals surface area (Å²) in [5, 5.41) is 3.37. The lowest BCUT2D eigenvalue weighted by Gasteiger charge is -2.27. The van der Waals surface area contributed by atoms with Crippen molar-refractivity contribution in [1.82, 2.24) is 14.8 Å². The second-order valence-corrected chi connectivity index (χ2v) is 7.63. The minimum Gasteiger partial charge on any atom is -0.345 e. The van der Waals surface area contributed by atoms with Gasteiger partial charge < -0.3 is 14.8 Å². The standard InChI is InChI=1S/C24H25N3O3/c28-22(26-13-7-2-8-14-26)17-27-16-20(19-11-5-6-12-21(19)27)23(29)24(30)25-15-18-9-3-1-4-10-18/h1,3-6,9-12,16H,2,7-8,13-15,17H2,(H,25,30). The molecule has 2 amide bonds. The van der Waals surface area contributed by atoms with Crippen molar-refractivity contribution in [3.63, 3.8) is 0 Å². The molecule has 0 saturated carbocycles. The van der Waals surface area contributed by atoms with E-state index in [1.165, 1.54) is 0 Å². The number of carbonyl (C=O) groups is 3. The van der Waals surface area contributed by atoms with E-state index in [1.807, 2.05) is 59.5 Å². The summed E-state index contributed by atoms with van der Waals surface area (Å²) in [5.74, 6) is -1.20. The zero-order valence-corrected chi connectivity index (χ0v) is 16.8. The molecule has 1 aromatic heterocycles. The number of rotatable bonds is 6. The van der Waals surface area contributed by atoms with Gasteiger partial charge in [-0.05, 0) is 30.9 Å². The van der Waals surface area contributed by atoms with E-state index in [0.29, 0.717) is 10.9 Å². The average molecular weight is 403 g/mol. The zero-order chi connectivity index (χ0) is 20.9. The second-order valence-electron chi connectivity index (χ2n) is 7.63. The molecule has 1 saturated heterocycles. The highest BCUT2D eigenvalue weighted by atomic mass is 16.2. The van der Waals surface area contributed by atoms with Crippen molar-refractivity contribution in [2.24, 2.45) is 0 Å². The number of para-hydroxylation sites is 1. The summed E-state index contributed by atoms with van der Waals surface area (Å²) in [4.78, 5) is 40.0. The van der Waals surface area contributed by atoms with Crippen LogP contribution >= 0.6 is 0 Å². The maximum absolute atomic E-state index is 12.9. The van der Waals surface area contributed by atoms with Crippen molar-refractivity contribution >= 4 is 28.5 Å². The number of aromatic nitrogens is 1. The second kappa shape index (κ2) is 8.95. The number of nitrogens with one attached hydrogen (secondary N) is 1. The fourth-order valence-electron chi connectivity index (χ4n) is 3.93. The van der Waals surface area contributed by atoms with E-state index < -0.39 is 11.7 Å². The van der Waals surface area contributed by atoms with Crippen molar-refractivity contribution in [2.45, 2.75) is 32.4 Å². The summed E-state index contributed by atoms with van der Waals surface area (Å²) < 4.78 is 1.78. The van der Waals surface area contributed by atoms with Gasteiger partial charge in [0.15, 0.2) is 0 Å². The van der Waals surface area contributed by atoms with E-state index in [4.69, 9.17) is 0 Å². The number of carbonyl (C=O) groups excluding carboxylic acids is 3. The van der Waals surface area contributed by atoms with Crippen molar-refractivity contribution in [1.29, 1.82) is 0 Å². The fraction of sp³-hybridized carbons (Fsp3) is 0.292. The van der Waals surface area contributed by atoms with Crippen molar-refractivity contribution in [2.75, 3.05) is 13.1 Å². The first-order chi connectivity index (χ1) is 14.6. The number of hydrogen-bond donors (Lipinski definition) is 1. The van der Waals surface area contributed by atoms with Crippen LogP contribution in [0.2, 0.25) is 0 Å². The average Bonchev–Trinajstić information content (AvgIpc) is 3.16. The van der Waals surface area contributed by atoms with Crippen LogP contribution in [0.5, 0.6) is 0 Å². The van der Waals surface area contributed by atoms with Crippen LogP contribution in [0.15, 0.2) is 60.8 Å². The summed E-state index contributed by atoms with van der Waals surface area (Å²) in [5.41, 5.74) is 2.03. The van der Waals surface area contributed by atoms with E-state index in [1.54, 1.807) is 10.8 Å². The smallest absolute Gasteiger partial charge is 0.292 e. The van der Waals surface area contributed by atoms with E-state index in [-0.39, 0.29) is 19.0 Å². The van der Waals surface area contributed by atoms with Gasteiger partial charge in [-0.15, -0.1) is 0 Å². The molecule has 1 aliphatic heterocycles. The number of hydrogen-bond acceptors (Lipinski definition) is 3. The van der Waals surface area contributed by atoms with Crippen LogP contribution in [0, 0.1) is 0 Å². The monoisotopic (exact) mass is 403 g/mol. The third-order valence-corrected chi connectivity index (χ3v) is 5.55. The molecule has 1 fully saturated rings. The minimum absolute atomic E-state index is 0.0444. The summed E-state index contributed by atoms with van der Waals surface area (Å²) in [7, 11) is 0. The number of fused-ring (bicyclic) bond motifs is 1. The molecule has 0 radical (unpaired) electrons. The molecule has 1 aliphatic rings. The lowest BCUT2D eigenvalue weighted by molar-refractivity contribution is -0.132. The van der Waals surface area contributed by atoms with Crippen LogP contribution in [0.25, 0.3) is 10.9 Å². The number of benzene rings is 2. The Balaban J connectivity index is 1.53. The summed E-state index contributed by atoms with van der Waals surface area (Å²) in [6, 6.07) is 16.8. The molecule has 0 spiro atoms. The van der Waals surface area contributed by atoms with Crippen LogP contribution in [0.4, 0.5) is 0 Å².